The van der Waals surface area contributed by atoms with Crippen molar-refractivity contribution in [2.24, 2.45) is 0 Å². The molecule has 3 aromatic heterocycles. The van der Waals surface area contributed by atoms with Gasteiger partial charge in [0.1, 0.15) is 12.1 Å². The van der Waals surface area contributed by atoms with E-state index in [1.807, 2.05) is 16.7 Å². The fraction of sp³-hybridized carbons (Fsp3) is 0.375. The molecule has 0 aliphatic heterocycles. The summed E-state index contributed by atoms with van der Waals surface area (Å²) in [5.41, 5.74) is 11.2. The molecule has 0 radical (unpaired) electrons. The van der Waals surface area contributed by atoms with E-state index in [0.717, 1.165) is 40.5 Å². The van der Waals surface area contributed by atoms with Gasteiger partial charge in [-0.1, -0.05) is 11.8 Å². The number of anilines is 1. The molecular formula is C24H29N7O3S2. The minimum Gasteiger partial charge on any atom is -0.464 e. The van der Waals surface area contributed by atoms with Gasteiger partial charge >= 0.3 is 0 Å². The Kier molecular flexibility index (Phi) is 7.28. The predicted molar refractivity (Wildman–Crippen MR) is 140 cm³/mol. The van der Waals surface area contributed by atoms with Gasteiger partial charge in [0, 0.05) is 36.6 Å². The van der Waals surface area contributed by atoms with Crippen LogP contribution in [-0.2, 0) is 29.4 Å². The van der Waals surface area contributed by atoms with Crippen LogP contribution in [0.25, 0.3) is 22.5 Å². The van der Waals surface area contributed by atoms with Crippen molar-refractivity contribution in [1.82, 2.24) is 29.6 Å². The van der Waals surface area contributed by atoms with E-state index in [4.69, 9.17) is 15.1 Å². The van der Waals surface area contributed by atoms with Gasteiger partial charge in [-0.2, -0.15) is 0 Å². The van der Waals surface area contributed by atoms with Crippen LogP contribution in [-0.4, -0.2) is 53.8 Å². The maximum absolute atomic E-state index is 11.3. The molecule has 0 unspecified atom stereocenters. The monoisotopic (exact) mass is 527 g/mol. The molecule has 0 bridgehead atoms. The number of benzene rings is 1. The Balaban J connectivity index is 1.44. The highest BCUT2D eigenvalue weighted by Crippen LogP contribution is 2.40. The topological polar surface area (TPSA) is 141 Å². The van der Waals surface area contributed by atoms with E-state index >= 15 is 0 Å². The van der Waals surface area contributed by atoms with Crippen LogP contribution in [0.1, 0.15) is 24.0 Å². The van der Waals surface area contributed by atoms with E-state index in [1.165, 1.54) is 30.3 Å². The van der Waals surface area contributed by atoms with Crippen molar-refractivity contribution in [2.45, 2.75) is 42.3 Å². The minimum absolute atomic E-state index is 0.321. The van der Waals surface area contributed by atoms with Gasteiger partial charge in [-0.25, -0.2) is 28.1 Å². The summed E-state index contributed by atoms with van der Waals surface area (Å²) >= 11 is 1.57. The summed E-state index contributed by atoms with van der Waals surface area (Å²) in [6.07, 6.45) is 8.84. The lowest BCUT2D eigenvalue weighted by Crippen LogP contribution is -2.32. The molecule has 3 heterocycles. The highest BCUT2D eigenvalue weighted by molar-refractivity contribution is 7.99. The zero-order valence-electron chi connectivity index (χ0n) is 20.0. The molecule has 1 aromatic carbocycles. The molecule has 0 atom stereocenters. The average molecular weight is 528 g/mol. The molecule has 1 aliphatic carbocycles. The first-order valence-corrected chi connectivity index (χ1v) is 14.6. The lowest BCUT2D eigenvalue weighted by molar-refractivity contribution is 0.561. The number of hydrogen-bond donors (Lipinski definition) is 3. The first-order valence-electron chi connectivity index (χ1n) is 11.9. The van der Waals surface area contributed by atoms with Crippen LogP contribution in [0, 0.1) is 0 Å². The molecule has 10 nitrogen and oxygen atoms in total. The number of nitrogen functional groups attached to an aromatic ring is 1. The number of nitrogens with one attached hydrogen (secondary N) is 2. The number of nitrogens with zero attached hydrogens (tertiary/aromatic N) is 4. The second kappa shape index (κ2) is 10.6. The normalized spacial score (nSPS) is 13.8. The molecule has 5 rings (SSSR count). The number of aromatic nitrogens is 4. The number of sulfonamides is 1. The number of hydrogen-bond acceptors (Lipinski definition) is 9. The molecule has 0 fully saturated rings. The molecule has 0 saturated carbocycles. The van der Waals surface area contributed by atoms with Crippen molar-refractivity contribution in [3.05, 3.63) is 48.0 Å². The van der Waals surface area contributed by atoms with Gasteiger partial charge in [0.2, 0.25) is 10.0 Å². The van der Waals surface area contributed by atoms with Crippen LogP contribution in [0.15, 0.2) is 51.3 Å². The second-order valence-electron chi connectivity index (χ2n) is 8.80. The maximum atomic E-state index is 11.3. The van der Waals surface area contributed by atoms with Gasteiger partial charge in [-0.05, 0) is 61.1 Å². The van der Waals surface area contributed by atoms with Gasteiger partial charge in [-0.15, -0.1) is 0 Å². The van der Waals surface area contributed by atoms with Crippen LogP contribution in [0.5, 0.6) is 0 Å². The Bertz CT molecular complexity index is 1470. The summed E-state index contributed by atoms with van der Waals surface area (Å²) < 4.78 is 32.8. The maximum Gasteiger partial charge on any atom is 0.208 e. The summed E-state index contributed by atoms with van der Waals surface area (Å²) in [5.74, 6) is 1.16. The zero-order chi connectivity index (χ0) is 25.1. The van der Waals surface area contributed by atoms with E-state index in [2.05, 4.69) is 32.1 Å². The molecule has 190 valence electrons. The van der Waals surface area contributed by atoms with E-state index in [9.17, 15) is 8.42 Å². The Morgan fingerprint density at radius 2 is 1.94 bits per heavy atom. The summed E-state index contributed by atoms with van der Waals surface area (Å²) in [6.45, 7) is 2.01. The molecule has 12 heteroatoms. The average Bonchev–Trinajstić information content (AvgIpc) is 3.50. The van der Waals surface area contributed by atoms with E-state index < -0.39 is 10.0 Å². The highest BCUT2D eigenvalue weighted by Gasteiger charge is 2.21. The summed E-state index contributed by atoms with van der Waals surface area (Å²) in [7, 11) is -3.21. The molecular weight excluding hydrogens is 498 g/mol. The Labute approximate surface area is 214 Å². The van der Waals surface area contributed by atoms with Crippen molar-refractivity contribution in [3.8, 4) is 11.3 Å². The lowest BCUT2D eigenvalue weighted by atomic mass is 9.90. The van der Waals surface area contributed by atoms with Gasteiger partial charge in [0.25, 0.3) is 0 Å². The Hall–Kier alpha value is -2.93. The second-order valence-corrected chi connectivity index (χ2v) is 11.6. The Morgan fingerprint density at radius 1 is 1.14 bits per heavy atom. The van der Waals surface area contributed by atoms with Crippen molar-refractivity contribution in [3.63, 3.8) is 0 Å². The van der Waals surface area contributed by atoms with E-state index in [-0.39, 0.29) is 0 Å². The summed E-state index contributed by atoms with van der Waals surface area (Å²) in [5, 5.41) is 4.03. The van der Waals surface area contributed by atoms with Crippen molar-refractivity contribution in [1.29, 1.82) is 0 Å². The quantitative estimate of drug-likeness (QED) is 0.265. The number of fused-ring (bicyclic) bond motifs is 2. The molecule has 4 aromatic rings. The third-order valence-electron chi connectivity index (χ3n) is 6.14. The molecule has 1 aliphatic rings. The van der Waals surface area contributed by atoms with Crippen LogP contribution >= 0.6 is 11.8 Å². The van der Waals surface area contributed by atoms with Crippen molar-refractivity contribution < 1.29 is 12.8 Å². The van der Waals surface area contributed by atoms with Gasteiger partial charge < -0.3 is 20.0 Å². The third-order valence-corrected chi connectivity index (χ3v) is 7.92. The fourth-order valence-corrected chi connectivity index (χ4v) is 5.99. The smallest absolute Gasteiger partial charge is 0.208 e. The first-order chi connectivity index (χ1) is 17.4. The molecule has 4 N–H and O–H groups in total. The van der Waals surface area contributed by atoms with Gasteiger partial charge in [0.15, 0.2) is 22.1 Å². The summed E-state index contributed by atoms with van der Waals surface area (Å²) in [6, 6.07) is 8.41. The first kappa shape index (κ1) is 24.8. The van der Waals surface area contributed by atoms with E-state index in [0.29, 0.717) is 43.2 Å². The fourth-order valence-electron chi connectivity index (χ4n) is 4.42. The van der Waals surface area contributed by atoms with Crippen molar-refractivity contribution >= 4 is 38.8 Å². The zero-order valence-corrected chi connectivity index (χ0v) is 21.7. The van der Waals surface area contributed by atoms with Gasteiger partial charge in [-0.3, -0.25) is 0 Å². The number of imidazole rings is 1. The largest absolute Gasteiger partial charge is 0.464 e. The number of rotatable bonds is 10. The molecule has 0 amide bonds. The predicted octanol–water partition coefficient (Wildman–Crippen LogP) is 2.84. The van der Waals surface area contributed by atoms with Gasteiger partial charge in [0.05, 0.1) is 12.5 Å². The van der Waals surface area contributed by atoms with Crippen LogP contribution < -0.4 is 15.8 Å². The standard InChI is InChI=1S/C24H29N7O3S2/c1-36(32,33)29-9-8-26-10-11-31-23-21(22(25)27-15-28-23)30-24(31)35-20-14-17-6-3-2-5-16(17)13-18(20)19-7-4-12-34-19/h4,7,12-15,26,29H,2-3,5-6,8-11H2,1H3,(H2,25,27,28). The molecule has 0 saturated heterocycles. The third kappa shape index (κ3) is 5.56. The van der Waals surface area contributed by atoms with Crippen LogP contribution in [0.4, 0.5) is 5.82 Å². The SMILES string of the molecule is CS(=O)(=O)NCCNCCn1c(Sc2cc3c(cc2-c2ccco2)CCCC3)nc2c(N)ncnc21. The van der Waals surface area contributed by atoms with Crippen LogP contribution in [0.2, 0.25) is 0 Å². The number of nitrogens with two attached hydrogens (primary N) is 1. The number of furan rings is 1. The number of aryl methyl sites for hydroxylation is 2. The Morgan fingerprint density at radius 3 is 2.69 bits per heavy atom. The highest BCUT2D eigenvalue weighted by atomic mass is 32.2. The molecule has 36 heavy (non-hydrogen) atoms. The summed E-state index contributed by atoms with van der Waals surface area (Å²) in [4.78, 5) is 14.5. The van der Waals surface area contributed by atoms with E-state index in [1.54, 1.807) is 18.0 Å². The van der Waals surface area contributed by atoms with Crippen LogP contribution in [0.3, 0.4) is 0 Å². The lowest BCUT2D eigenvalue weighted by Gasteiger charge is -2.19. The molecule has 0 spiro atoms. The van der Waals surface area contributed by atoms with Crippen molar-refractivity contribution in [2.75, 3.05) is 31.6 Å². The minimum atomic E-state index is -3.21.